The van der Waals surface area contributed by atoms with Gasteiger partial charge in [0, 0.05) is 35.6 Å². The molecule has 5 atom stereocenters. The van der Waals surface area contributed by atoms with Gasteiger partial charge in [-0.05, 0) is 118 Å². The van der Waals surface area contributed by atoms with Gasteiger partial charge in [0.25, 0.3) is 10.0 Å². The number of sulfonamides is 1. The molecule has 0 spiro atoms. The predicted octanol–water partition coefficient (Wildman–Crippen LogP) is 7.26. The highest BCUT2D eigenvalue weighted by molar-refractivity contribution is 7.91. The topological polar surface area (TPSA) is 104 Å². The van der Waals surface area contributed by atoms with Crippen LogP contribution in [0.5, 0.6) is 0 Å². The second-order valence-electron chi connectivity index (χ2n) is 14.1. The average molecular weight is 698 g/mol. The lowest BCUT2D eigenvalue weighted by atomic mass is 9.65. The van der Waals surface area contributed by atoms with Crippen LogP contribution in [0.2, 0.25) is 0 Å². The number of aliphatic hydroxyl groups excluding tert-OH is 1. The van der Waals surface area contributed by atoms with Crippen molar-refractivity contribution in [2.24, 2.45) is 5.41 Å². The smallest absolute Gasteiger partial charge is 0.252 e. The number of ether oxygens (including phenoxy) is 1. The third-order valence-corrected chi connectivity index (χ3v) is 15.0. The lowest BCUT2D eigenvalue weighted by Gasteiger charge is -2.46. The molecule has 3 aromatic rings. The van der Waals surface area contributed by atoms with Crippen molar-refractivity contribution in [3.63, 3.8) is 0 Å². The minimum Gasteiger partial charge on any atom is -0.393 e. The van der Waals surface area contributed by atoms with E-state index in [0.29, 0.717) is 55.6 Å². The van der Waals surface area contributed by atoms with Gasteiger partial charge in [-0.15, -0.1) is 22.7 Å². The first-order valence-electron chi connectivity index (χ1n) is 16.8. The molecule has 7 nitrogen and oxygen atoms in total. The van der Waals surface area contributed by atoms with Gasteiger partial charge < -0.3 is 14.9 Å². The summed E-state index contributed by atoms with van der Waals surface area (Å²) in [5.41, 5.74) is 1.52. The number of carbonyl (C=O) groups excluding carboxylic acids is 1. The van der Waals surface area contributed by atoms with E-state index in [4.69, 9.17) is 4.74 Å². The van der Waals surface area contributed by atoms with Crippen LogP contribution >= 0.6 is 22.7 Å². The summed E-state index contributed by atoms with van der Waals surface area (Å²) in [5, 5.41) is 25.5. The van der Waals surface area contributed by atoms with Gasteiger partial charge in [-0.2, -0.15) is 4.31 Å². The summed E-state index contributed by atoms with van der Waals surface area (Å²) in [7, 11) is -3.88. The zero-order valence-electron chi connectivity index (χ0n) is 27.6. The van der Waals surface area contributed by atoms with Crippen molar-refractivity contribution in [1.82, 2.24) is 4.31 Å². The van der Waals surface area contributed by atoms with Crippen molar-refractivity contribution in [2.45, 2.75) is 106 Å². The monoisotopic (exact) mass is 697 g/mol. The summed E-state index contributed by atoms with van der Waals surface area (Å²) in [6.07, 6.45) is 7.35. The van der Waals surface area contributed by atoms with Gasteiger partial charge in [0.2, 0.25) is 5.78 Å². The molecule has 254 valence electrons. The van der Waals surface area contributed by atoms with E-state index in [1.165, 1.54) is 32.6 Å². The molecule has 1 saturated carbocycles. The summed E-state index contributed by atoms with van der Waals surface area (Å²) in [6.45, 7) is 6.94. The minimum atomic E-state index is -3.88. The number of ketones is 1. The van der Waals surface area contributed by atoms with Crippen LogP contribution in [0.1, 0.15) is 102 Å². The minimum absolute atomic E-state index is 0.0412. The number of thiophene rings is 2. The van der Waals surface area contributed by atoms with Gasteiger partial charge >= 0.3 is 0 Å². The second-order valence-corrected chi connectivity index (χ2v) is 18.5. The van der Waals surface area contributed by atoms with E-state index in [9.17, 15) is 23.4 Å². The lowest BCUT2D eigenvalue weighted by Crippen LogP contribution is -2.54. The lowest BCUT2D eigenvalue weighted by molar-refractivity contribution is -0.0754. The molecule has 1 aromatic carbocycles. The van der Waals surface area contributed by atoms with E-state index in [1.807, 2.05) is 37.3 Å². The standard InChI is InChI=1S/C37H47NO6S3/c1-25-7-4-17-36(3)32(30-14-12-27(21-28(39)13-10-25)22-31(30)35(40)33-15-11-26(2)46-33)16-18-37(36,41)24-38(23-29-8-5-19-44-29)47(42,43)34-9-6-20-45-34/h6-7,9,11-12,14-15,20,22,28-29,32,39,41H,4-5,8,10,13,16-19,21,23-24H2,1-3H3/t28-,29+,32-,36-,37+/m0/s1. The van der Waals surface area contributed by atoms with Gasteiger partial charge in [0.15, 0.2) is 0 Å². The zero-order valence-corrected chi connectivity index (χ0v) is 30.1. The molecular formula is C37H47NO6S3. The molecule has 10 heteroatoms. The van der Waals surface area contributed by atoms with Crippen molar-refractivity contribution in [3.8, 4) is 0 Å². The third kappa shape index (κ3) is 7.11. The number of aryl methyl sites for hydroxylation is 1. The molecule has 7 rings (SSSR count). The number of nitrogens with zero attached hydrogens (tertiary/aromatic N) is 1. The Morgan fingerprint density at radius 3 is 2.64 bits per heavy atom. The maximum atomic E-state index is 14.2. The number of fused-ring (bicyclic) bond motifs is 8. The van der Waals surface area contributed by atoms with Crippen LogP contribution < -0.4 is 0 Å². The summed E-state index contributed by atoms with van der Waals surface area (Å²) < 4.78 is 35.9. The number of benzene rings is 1. The molecule has 1 aliphatic heterocycles. The van der Waals surface area contributed by atoms with Gasteiger partial charge in [0.05, 0.1) is 22.7 Å². The fourth-order valence-corrected chi connectivity index (χ4v) is 11.5. The van der Waals surface area contributed by atoms with Crippen LogP contribution in [0.3, 0.4) is 0 Å². The summed E-state index contributed by atoms with van der Waals surface area (Å²) in [4.78, 5) is 15.9. The van der Waals surface area contributed by atoms with E-state index in [2.05, 4.69) is 19.9 Å². The van der Waals surface area contributed by atoms with Gasteiger partial charge in [-0.1, -0.05) is 36.8 Å². The summed E-state index contributed by atoms with van der Waals surface area (Å²) >= 11 is 2.66. The number of hydrogen-bond acceptors (Lipinski definition) is 8. The molecule has 2 bridgehead atoms. The summed E-state index contributed by atoms with van der Waals surface area (Å²) in [6, 6.07) is 13.2. The molecule has 3 aliphatic carbocycles. The Hall–Kier alpha value is -2.18. The van der Waals surface area contributed by atoms with Gasteiger partial charge in [0.1, 0.15) is 4.21 Å². The molecule has 47 heavy (non-hydrogen) atoms. The number of rotatable bonds is 8. The molecule has 4 aliphatic rings. The van der Waals surface area contributed by atoms with Crippen LogP contribution in [-0.2, 0) is 21.2 Å². The summed E-state index contributed by atoms with van der Waals surface area (Å²) in [5.74, 6) is -0.229. The Bertz CT molecular complexity index is 1710. The van der Waals surface area contributed by atoms with E-state index >= 15 is 0 Å². The molecule has 2 N–H and O–H groups in total. The Labute approximate surface area is 287 Å². The van der Waals surface area contributed by atoms with E-state index in [0.717, 1.165) is 35.3 Å². The van der Waals surface area contributed by atoms with Crippen molar-refractivity contribution in [2.75, 3.05) is 19.7 Å². The molecule has 2 aromatic heterocycles. The largest absolute Gasteiger partial charge is 0.393 e. The SMILES string of the molecule is CC1=CCC[C@@]2(C)[C@@H](CC[C@@]2(O)CN(C[C@H]2CCCO2)S(=O)(=O)c2cccs2)c2ccc(cc2C(=O)c2ccc(C)s2)C[C@@H](O)CC1. The first kappa shape index (κ1) is 34.7. The number of carbonyl (C=O) groups is 1. The van der Waals surface area contributed by atoms with Crippen molar-refractivity contribution in [1.29, 1.82) is 0 Å². The molecule has 0 unspecified atom stereocenters. The first-order valence-corrected chi connectivity index (χ1v) is 20.0. The van der Waals surface area contributed by atoms with E-state index < -0.39 is 27.1 Å². The highest BCUT2D eigenvalue weighted by Gasteiger charge is 2.58. The number of hydrogen-bond donors (Lipinski definition) is 2. The Kier molecular flexibility index (Phi) is 10.3. The molecular weight excluding hydrogens is 651 g/mol. The second kappa shape index (κ2) is 14.0. The van der Waals surface area contributed by atoms with E-state index in [1.54, 1.807) is 17.5 Å². The van der Waals surface area contributed by atoms with Crippen molar-refractivity contribution >= 4 is 38.5 Å². The molecule has 0 amide bonds. The third-order valence-electron chi connectivity index (χ3n) is 10.8. The average Bonchev–Trinajstić information content (AvgIpc) is 3.86. The fourth-order valence-electron chi connectivity index (χ4n) is 7.98. The zero-order chi connectivity index (χ0) is 33.4. The number of allylic oxidation sites excluding steroid dienone is 2. The first-order chi connectivity index (χ1) is 22.4. The van der Waals surface area contributed by atoms with Crippen molar-refractivity contribution in [3.05, 3.63) is 85.9 Å². The van der Waals surface area contributed by atoms with Gasteiger partial charge in [-0.3, -0.25) is 4.79 Å². The Balaban J connectivity index is 1.44. The predicted molar refractivity (Wildman–Crippen MR) is 188 cm³/mol. The molecule has 2 fully saturated rings. The highest BCUT2D eigenvalue weighted by atomic mass is 32.2. The van der Waals surface area contributed by atoms with Gasteiger partial charge in [-0.25, -0.2) is 8.42 Å². The van der Waals surface area contributed by atoms with Crippen molar-refractivity contribution < 1.29 is 28.2 Å². The van der Waals surface area contributed by atoms with Crippen LogP contribution in [0.4, 0.5) is 0 Å². The fraction of sp³-hybridized carbons (Fsp3) is 0.541. The maximum Gasteiger partial charge on any atom is 0.252 e. The van der Waals surface area contributed by atoms with Crippen LogP contribution in [0.25, 0.3) is 0 Å². The van der Waals surface area contributed by atoms with Crippen LogP contribution in [0, 0.1) is 12.3 Å². The molecule has 0 radical (unpaired) electrons. The Morgan fingerprint density at radius 1 is 1.11 bits per heavy atom. The quantitative estimate of drug-likeness (QED) is 0.190. The highest BCUT2D eigenvalue weighted by Crippen LogP contribution is 2.59. The van der Waals surface area contributed by atoms with Crippen LogP contribution in [0.15, 0.2) is 63.7 Å². The molecule has 1 saturated heterocycles. The van der Waals surface area contributed by atoms with E-state index in [-0.39, 0.29) is 35.1 Å². The van der Waals surface area contributed by atoms with Crippen LogP contribution in [-0.4, -0.2) is 66.2 Å². The number of aliphatic hydroxyl groups is 2. The Morgan fingerprint density at radius 2 is 1.94 bits per heavy atom. The maximum absolute atomic E-state index is 14.2. The molecule has 3 heterocycles. The normalized spacial score (nSPS) is 28.7.